The van der Waals surface area contributed by atoms with Crippen LogP contribution in [0, 0.1) is 0 Å². The molecule has 0 aromatic carbocycles. The van der Waals surface area contributed by atoms with Crippen molar-refractivity contribution in [1.29, 1.82) is 0 Å². The van der Waals surface area contributed by atoms with Gasteiger partial charge in [0.25, 0.3) is 0 Å². The van der Waals surface area contributed by atoms with E-state index in [-0.39, 0.29) is 74.7 Å². The second-order valence-corrected chi connectivity index (χ2v) is 22.0. The van der Waals surface area contributed by atoms with E-state index in [1.54, 1.807) is 0 Å². The van der Waals surface area contributed by atoms with Gasteiger partial charge < -0.3 is 29.3 Å². The third kappa shape index (κ3) is 67.2. The smallest absolute Gasteiger partial charge is 0.550 e. The van der Waals surface area contributed by atoms with Gasteiger partial charge in [0.2, 0.25) is 0 Å². The predicted molar refractivity (Wildman–Crippen MR) is 308 cm³/mol. The average Bonchev–Trinajstić information content (AvgIpc) is 3.36. The molecule has 0 aliphatic rings. The molecule has 0 saturated carbocycles. The van der Waals surface area contributed by atoms with Crippen LogP contribution in [-0.2, 0) is 28.7 Å². The number of esters is 2. The van der Waals surface area contributed by atoms with Crippen molar-refractivity contribution in [2.75, 3.05) is 0 Å². The fourth-order valence-corrected chi connectivity index (χ4v) is 9.86. The maximum atomic E-state index is 12.4. The van der Waals surface area contributed by atoms with Crippen molar-refractivity contribution in [1.82, 2.24) is 0 Å². The SMILES string of the molecule is CCCCCCCCCCCCCC(=O)OC(CCCC)CCCCCCCCCCCCC(=O)[O-].CCCCCCCCCCCCCC(=O)OC(CCCC)CCCCCCCCCCCCC(=O)[O-].[Ca+2]. The summed E-state index contributed by atoms with van der Waals surface area (Å²) < 4.78 is 11.7. The number of unbranched alkanes of at least 4 members (excludes halogenated alkanes) is 40. The van der Waals surface area contributed by atoms with Crippen LogP contribution >= 0.6 is 0 Å². The number of ether oxygens (including phenoxy) is 2. The molecule has 0 bridgehead atoms. The third-order valence-corrected chi connectivity index (χ3v) is 14.6. The number of hydrogen-bond acceptors (Lipinski definition) is 8. The normalized spacial score (nSPS) is 11.9. The molecule has 0 amide bonds. The number of carbonyl (C=O) groups is 4. The molecular formula is C64H122CaO8. The van der Waals surface area contributed by atoms with Gasteiger partial charge in [0.1, 0.15) is 12.2 Å². The molecule has 428 valence electrons. The van der Waals surface area contributed by atoms with Crippen LogP contribution in [0.2, 0.25) is 0 Å². The molecule has 0 radical (unpaired) electrons. The summed E-state index contributed by atoms with van der Waals surface area (Å²) >= 11 is 0. The van der Waals surface area contributed by atoms with Crippen LogP contribution in [0.1, 0.15) is 374 Å². The van der Waals surface area contributed by atoms with E-state index in [0.29, 0.717) is 12.8 Å². The van der Waals surface area contributed by atoms with E-state index in [4.69, 9.17) is 9.47 Å². The molecule has 0 N–H and O–H groups in total. The van der Waals surface area contributed by atoms with Crippen molar-refractivity contribution < 1.29 is 38.9 Å². The molecular weight excluding hydrogens is 937 g/mol. The molecule has 0 aliphatic heterocycles. The number of rotatable bonds is 58. The molecule has 0 fully saturated rings. The molecule has 9 heteroatoms. The van der Waals surface area contributed by atoms with Crippen LogP contribution < -0.4 is 10.2 Å². The predicted octanol–water partition coefficient (Wildman–Crippen LogP) is 18.1. The van der Waals surface area contributed by atoms with Crippen LogP contribution in [0.15, 0.2) is 0 Å². The molecule has 0 saturated heterocycles. The van der Waals surface area contributed by atoms with Gasteiger partial charge in [-0.1, -0.05) is 285 Å². The Labute approximate surface area is 483 Å². The number of carboxylic acids is 2. The van der Waals surface area contributed by atoms with Gasteiger partial charge in [-0.05, 0) is 77.0 Å². The van der Waals surface area contributed by atoms with E-state index in [9.17, 15) is 29.4 Å². The molecule has 2 unspecified atom stereocenters. The van der Waals surface area contributed by atoms with E-state index in [2.05, 4.69) is 27.7 Å². The van der Waals surface area contributed by atoms with Gasteiger partial charge in [-0.2, -0.15) is 0 Å². The Morgan fingerprint density at radius 1 is 0.260 bits per heavy atom. The van der Waals surface area contributed by atoms with Crippen LogP contribution in [0.3, 0.4) is 0 Å². The molecule has 0 aromatic rings. The van der Waals surface area contributed by atoms with Gasteiger partial charge in [-0.3, -0.25) is 9.59 Å². The van der Waals surface area contributed by atoms with Crippen LogP contribution in [0.5, 0.6) is 0 Å². The molecule has 0 spiro atoms. The summed E-state index contributed by atoms with van der Waals surface area (Å²) in [4.78, 5) is 45.5. The molecule has 0 rings (SSSR count). The maximum Gasteiger partial charge on any atom is 2.00 e. The van der Waals surface area contributed by atoms with Gasteiger partial charge >= 0.3 is 49.7 Å². The molecule has 73 heavy (non-hydrogen) atoms. The van der Waals surface area contributed by atoms with Crippen molar-refractivity contribution in [2.24, 2.45) is 0 Å². The minimum absolute atomic E-state index is 0. The first-order valence-corrected chi connectivity index (χ1v) is 32.0. The number of hydrogen-bond donors (Lipinski definition) is 0. The van der Waals surface area contributed by atoms with Crippen LogP contribution in [0.25, 0.3) is 0 Å². The molecule has 0 aliphatic carbocycles. The van der Waals surface area contributed by atoms with Crippen molar-refractivity contribution in [3.63, 3.8) is 0 Å². The Morgan fingerprint density at radius 3 is 0.658 bits per heavy atom. The fraction of sp³-hybridized carbons (Fsp3) is 0.938. The van der Waals surface area contributed by atoms with E-state index in [0.717, 1.165) is 128 Å². The van der Waals surface area contributed by atoms with E-state index in [1.807, 2.05) is 0 Å². The molecule has 2 atom stereocenters. The fourth-order valence-electron chi connectivity index (χ4n) is 9.86. The Morgan fingerprint density at radius 2 is 0.438 bits per heavy atom. The van der Waals surface area contributed by atoms with Crippen molar-refractivity contribution in [2.45, 2.75) is 387 Å². The second-order valence-electron chi connectivity index (χ2n) is 22.0. The number of carbonyl (C=O) groups excluding carboxylic acids is 4. The Kier molecular flexibility index (Phi) is 68.4. The summed E-state index contributed by atoms with van der Waals surface area (Å²) in [6.07, 6.45) is 62.2. The van der Waals surface area contributed by atoms with Crippen LogP contribution in [0.4, 0.5) is 0 Å². The first-order chi connectivity index (χ1) is 35.2. The van der Waals surface area contributed by atoms with Gasteiger partial charge in [0.05, 0.1) is 0 Å². The standard InChI is InChI=1S/2C32H62O4.Ca/c2*1-3-5-7-8-9-10-11-16-19-22-25-29-32(35)36-30(26-6-4-2)27-23-20-17-14-12-13-15-18-21-24-28-31(33)34;/h2*30H,3-29H2,1-2H3,(H,33,34);/q;;+2/p-2. The zero-order chi connectivity index (χ0) is 53.1. The summed E-state index contributed by atoms with van der Waals surface area (Å²) in [6, 6.07) is 0. The van der Waals surface area contributed by atoms with E-state index in [1.165, 1.54) is 193 Å². The summed E-state index contributed by atoms with van der Waals surface area (Å²) in [7, 11) is 0. The van der Waals surface area contributed by atoms with Gasteiger partial charge in [0, 0.05) is 24.8 Å². The van der Waals surface area contributed by atoms with E-state index < -0.39 is 11.9 Å². The quantitative estimate of drug-likeness (QED) is 0.0334. The second kappa shape index (κ2) is 65.4. The minimum atomic E-state index is -0.925. The van der Waals surface area contributed by atoms with Crippen molar-refractivity contribution in [3.05, 3.63) is 0 Å². The van der Waals surface area contributed by atoms with Crippen molar-refractivity contribution in [3.8, 4) is 0 Å². The first-order valence-electron chi connectivity index (χ1n) is 32.0. The van der Waals surface area contributed by atoms with Crippen LogP contribution in [-0.4, -0.2) is 73.8 Å². The maximum absolute atomic E-state index is 12.4. The zero-order valence-corrected chi connectivity index (χ0v) is 51.5. The summed E-state index contributed by atoms with van der Waals surface area (Å²) in [5, 5.41) is 20.8. The van der Waals surface area contributed by atoms with E-state index >= 15 is 0 Å². The monoisotopic (exact) mass is 1060 g/mol. The Bertz CT molecular complexity index is 1050. The average molecular weight is 1060 g/mol. The molecule has 0 heterocycles. The van der Waals surface area contributed by atoms with Crippen molar-refractivity contribution >= 4 is 61.6 Å². The topological polar surface area (TPSA) is 133 Å². The summed E-state index contributed by atoms with van der Waals surface area (Å²) in [5.41, 5.74) is 0. The number of aliphatic carboxylic acids is 2. The number of carboxylic acid groups (broad SMARTS) is 2. The summed E-state index contributed by atoms with van der Waals surface area (Å²) in [6.45, 7) is 8.94. The Balaban J connectivity index is -0.00000132. The van der Waals surface area contributed by atoms with Gasteiger partial charge in [0.15, 0.2) is 0 Å². The zero-order valence-electron chi connectivity index (χ0n) is 49.3. The van der Waals surface area contributed by atoms with Gasteiger partial charge in [-0.15, -0.1) is 0 Å². The minimum Gasteiger partial charge on any atom is -0.550 e. The Hall–Kier alpha value is -0.860. The summed E-state index contributed by atoms with van der Waals surface area (Å²) in [5.74, 6) is -1.81. The first kappa shape index (κ1) is 76.4. The molecule has 8 nitrogen and oxygen atoms in total. The molecule has 0 aromatic heterocycles. The largest absolute Gasteiger partial charge is 2.00 e. The van der Waals surface area contributed by atoms with Gasteiger partial charge in [-0.25, -0.2) is 0 Å². The third-order valence-electron chi connectivity index (χ3n) is 14.6.